The first-order valence-corrected chi connectivity index (χ1v) is 11.5. The van der Waals surface area contributed by atoms with E-state index in [1.807, 2.05) is 0 Å². The number of fused-ring (bicyclic) bond motifs is 1. The Bertz CT molecular complexity index is 1280. The van der Waals surface area contributed by atoms with Crippen molar-refractivity contribution in [3.8, 4) is 23.2 Å². The Kier molecular flexibility index (Phi) is 7.43. The monoisotopic (exact) mass is 482 g/mol. The summed E-state index contributed by atoms with van der Waals surface area (Å²) in [5.74, 6) is 5.96. The van der Waals surface area contributed by atoms with E-state index in [0.29, 0.717) is 41.9 Å². The molecule has 11 heteroatoms. The minimum absolute atomic E-state index is 0.0322. The van der Waals surface area contributed by atoms with Gasteiger partial charge in [0.1, 0.15) is 23.8 Å². The van der Waals surface area contributed by atoms with Crippen LogP contribution in [0.15, 0.2) is 24.3 Å². The number of hydrogen-bond donors (Lipinski definition) is 3. The van der Waals surface area contributed by atoms with E-state index in [1.165, 1.54) is 12.1 Å². The fourth-order valence-corrected chi connectivity index (χ4v) is 3.97. The van der Waals surface area contributed by atoms with Crippen LogP contribution in [0, 0.1) is 17.7 Å². The van der Waals surface area contributed by atoms with Gasteiger partial charge in [0.2, 0.25) is 5.82 Å². The van der Waals surface area contributed by atoms with Gasteiger partial charge in [-0.2, -0.15) is 4.89 Å². The van der Waals surface area contributed by atoms with E-state index in [-0.39, 0.29) is 24.8 Å². The van der Waals surface area contributed by atoms with Crippen LogP contribution in [0.25, 0.3) is 22.6 Å². The van der Waals surface area contributed by atoms with Crippen molar-refractivity contribution >= 4 is 23.1 Å². The molecule has 35 heavy (non-hydrogen) atoms. The summed E-state index contributed by atoms with van der Waals surface area (Å²) in [6.45, 7) is 2.28. The first kappa shape index (κ1) is 24.4. The van der Waals surface area contributed by atoms with Crippen molar-refractivity contribution in [1.29, 1.82) is 0 Å². The number of nitrogen functional groups attached to an aromatic ring is 1. The van der Waals surface area contributed by atoms with Crippen molar-refractivity contribution in [3.63, 3.8) is 0 Å². The molecule has 1 aliphatic rings. The maximum atomic E-state index is 13.9. The van der Waals surface area contributed by atoms with Crippen LogP contribution in [0.2, 0.25) is 0 Å². The molecule has 0 aliphatic heterocycles. The van der Waals surface area contributed by atoms with Crippen molar-refractivity contribution in [1.82, 2.24) is 24.8 Å². The van der Waals surface area contributed by atoms with E-state index in [9.17, 15) is 14.3 Å². The van der Waals surface area contributed by atoms with Crippen molar-refractivity contribution in [2.45, 2.75) is 51.2 Å². The summed E-state index contributed by atoms with van der Waals surface area (Å²) < 4.78 is 15.6. The molecule has 184 valence electrons. The second kappa shape index (κ2) is 10.7. The maximum Gasteiger partial charge on any atom is 0.438 e. The zero-order valence-electron chi connectivity index (χ0n) is 19.4. The Hall–Kier alpha value is -3.75. The molecule has 2 aromatic heterocycles. The summed E-state index contributed by atoms with van der Waals surface area (Å²) >= 11 is 0. The number of imidazole rings is 1. The van der Waals surface area contributed by atoms with Gasteiger partial charge >= 0.3 is 6.09 Å². The summed E-state index contributed by atoms with van der Waals surface area (Å²) in [5, 5.41) is 13.1. The molecular weight excluding hydrogens is 455 g/mol. The number of hydrogen-bond acceptors (Lipinski definition) is 8. The lowest BCUT2D eigenvalue weighted by molar-refractivity contribution is -0.239. The van der Waals surface area contributed by atoms with E-state index in [1.54, 1.807) is 23.6 Å². The molecule has 1 fully saturated rings. The second-order valence-corrected chi connectivity index (χ2v) is 8.27. The number of anilines is 1. The molecular formula is C24H27FN6O4. The zero-order valence-corrected chi connectivity index (χ0v) is 19.4. The summed E-state index contributed by atoms with van der Waals surface area (Å²) in [5.41, 5.74) is 6.28. The van der Waals surface area contributed by atoms with Crippen LogP contribution >= 0.6 is 0 Å². The van der Waals surface area contributed by atoms with Gasteiger partial charge in [-0.3, -0.25) is 4.89 Å². The van der Waals surface area contributed by atoms with E-state index >= 15 is 0 Å². The lowest BCUT2D eigenvalue weighted by atomic mass is 9.85. The van der Waals surface area contributed by atoms with E-state index in [4.69, 9.17) is 10.6 Å². The SMILES string of the molecule is CCNC(=O)OOCCn1c(-c2cccc(F)c2)nc2c(N)nc(C#CC3(O)CCCCC3)nc21. The lowest BCUT2D eigenvalue weighted by Gasteiger charge is -2.26. The van der Waals surface area contributed by atoms with Gasteiger partial charge in [-0.1, -0.05) is 24.5 Å². The third-order valence-corrected chi connectivity index (χ3v) is 5.65. The molecule has 10 nitrogen and oxygen atoms in total. The van der Waals surface area contributed by atoms with Crippen molar-refractivity contribution in [2.24, 2.45) is 0 Å². The molecule has 0 unspecified atom stereocenters. The number of amides is 1. The highest BCUT2D eigenvalue weighted by Crippen LogP contribution is 2.28. The van der Waals surface area contributed by atoms with Gasteiger partial charge in [-0.05, 0) is 50.7 Å². The number of rotatable bonds is 6. The number of carbonyl (C=O) groups is 1. The fourth-order valence-electron chi connectivity index (χ4n) is 3.97. The summed E-state index contributed by atoms with van der Waals surface area (Å²) in [4.78, 5) is 34.5. The third-order valence-electron chi connectivity index (χ3n) is 5.65. The summed E-state index contributed by atoms with van der Waals surface area (Å²) in [7, 11) is 0. The fraction of sp³-hybridized carbons (Fsp3) is 0.417. The zero-order chi connectivity index (χ0) is 24.8. The first-order chi connectivity index (χ1) is 16.9. The van der Waals surface area contributed by atoms with Gasteiger partial charge in [-0.15, -0.1) is 0 Å². The molecule has 0 radical (unpaired) electrons. The average Bonchev–Trinajstić information content (AvgIpc) is 3.20. The summed E-state index contributed by atoms with van der Waals surface area (Å²) in [6, 6.07) is 5.94. The molecule has 1 aliphatic carbocycles. The Labute approximate surface area is 201 Å². The number of nitrogens with two attached hydrogens (primary N) is 1. The molecule has 4 rings (SSSR count). The van der Waals surface area contributed by atoms with E-state index in [0.717, 1.165) is 19.3 Å². The second-order valence-electron chi connectivity index (χ2n) is 8.27. The van der Waals surface area contributed by atoms with Crippen LogP contribution < -0.4 is 11.1 Å². The Morgan fingerprint density at radius 3 is 2.83 bits per heavy atom. The predicted octanol–water partition coefficient (Wildman–Crippen LogP) is 2.94. The van der Waals surface area contributed by atoms with Crippen LogP contribution in [-0.4, -0.2) is 49.5 Å². The third kappa shape index (κ3) is 5.85. The van der Waals surface area contributed by atoms with Crippen molar-refractivity contribution < 1.29 is 24.1 Å². The van der Waals surface area contributed by atoms with E-state index < -0.39 is 17.5 Å². The quantitative estimate of drug-likeness (QED) is 0.211. The molecule has 0 atom stereocenters. The molecule has 4 N–H and O–H groups in total. The van der Waals surface area contributed by atoms with Gasteiger partial charge in [0.05, 0.1) is 6.54 Å². The molecule has 0 saturated heterocycles. The van der Waals surface area contributed by atoms with Gasteiger partial charge in [0, 0.05) is 12.1 Å². The molecule has 0 bridgehead atoms. The largest absolute Gasteiger partial charge is 0.438 e. The number of aromatic nitrogens is 4. The highest BCUT2D eigenvalue weighted by Gasteiger charge is 2.27. The van der Waals surface area contributed by atoms with Crippen molar-refractivity contribution in [2.75, 3.05) is 18.9 Å². The van der Waals surface area contributed by atoms with Crippen molar-refractivity contribution in [3.05, 3.63) is 35.9 Å². The van der Waals surface area contributed by atoms with Gasteiger partial charge in [-0.25, -0.2) is 24.1 Å². The number of aliphatic hydroxyl groups is 1. The van der Waals surface area contributed by atoms with Gasteiger partial charge < -0.3 is 20.7 Å². The Morgan fingerprint density at radius 2 is 2.09 bits per heavy atom. The highest BCUT2D eigenvalue weighted by molar-refractivity contribution is 5.85. The first-order valence-electron chi connectivity index (χ1n) is 11.5. The number of benzene rings is 1. The van der Waals surface area contributed by atoms with Crippen LogP contribution in [0.1, 0.15) is 44.9 Å². The average molecular weight is 483 g/mol. The topological polar surface area (TPSA) is 137 Å². The van der Waals surface area contributed by atoms with Gasteiger partial charge in [0.15, 0.2) is 17.0 Å². The van der Waals surface area contributed by atoms with Crippen LogP contribution in [0.3, 0.4) is 0 Å². The smallest absolute Gasteiger partial charge is 0.382 e. The minimum Gasteiger partial charge on any atom is -0.382 e. The predicted molar refractivity (Wildman–Crippen MR) is 126 cm³/mol. The normalized spacial score (nSPS) is 14.8. The van der Waals surface area contributed by atoms with Crippen LogP contribution in [-0.2, 0) is 16.3 Å². The van der Waals surface area contributed by atoms with Crippen LogP contribution in [0.5, 0.6) is 0 Å². The van der Waals surface area contributed by atoms with Crippen LogP contribution in [0.4, 0.5) is 15.0 Å². The number of carbonyl (C=O) groups excluding carboxylic acids is 1. The molecule has 2 heterocycles. The highest BCUT2D eigenvalue weighted by atomic mass is 19.1. The number of halogens is 1. The molecule has 1 aromatic carbocycles. The summed E-state index contributed by atoms with van der Waals surface area (Å²) in [6.07, 6.45) is 3.39. The molecule has 1 saturated carbocycles. The molecule has 3 aromatic rings. The minimum atomic E-state index is -1.07. The number of nitrogens with zero attached hydrogens (tertiary/aromatic N) is 4. The Balaban J connectivity index is 1.69. The van der Waals surface area contributed by atoms with Gasteiger partial charge in [0.25, 0.3) is 0 Å². The standard InChI is InChI=1S/C24H27FN6O4/c1-2-27-23(32)35-34-14-13-31-21(16-7-6-8-17(25)15-16)30-19-20(26)28-18(29-22(19)31)9-12-24(33)10-4-3-5-11-24/h6-8,15,33H,2-5,10-11,13-14H2,1H3,(H,27,32)(H2,26,28,29). The maximum absolute atomic E-state index is 13.9. The molecule has 1 amide bonds. The lowest BCUT2D eigenvalue weighted by Crippen LogP contribution is -2.29. The Morgan fingerprint density at radius 1 is 1.29 bits per heavy atom. The van der Waals surface area contributed by atoms with E-state index in [2.05, 4.69) is 37.0 Å². The molecule has 0 spiro atoms. The number of nitrogens with one attached hydrogen (secondary N) is 1.